The van der Waals surface area contributed by atoms with E-state index >= 15 is 0 Å². The lowest BCUT2D eigenvalue weighted by atomic mass is 9.71. The number of nitrogens with one attached hydrogen (secondary N) is 1. The highest BCUT2D eigenvalue weighted by Crippen LogP contribution is 2.53. The second kappa shape index (κ2) is 6.68. The van der Waals surface area contributed by atoms with Crippen molar-refractivity contribution in [2.24, 2.45) is 5.41 Å². The molecule has 5 nitrogen and oxygen atoms in total. The van der Waals surface area contributed by atoms with Crippen molar-refractivity contribution in [3.63, 3.8) is 0 Å². The van der Waals surface area contributed by atoms with Crippen LogP contribution in [0.4, 0.5) is 0 Å². The quantitative estimate of drug-likeness (QED) is 0.859. The van der Waals surface area contributed by atoms with E-state index in [4.69, 9.17) is 4.74 Å². The van der Waals surface area contributed by atoms with Gasteiger partial charge in [0.05, 0.1) is 31.2 Å². The third-order valence-electron chi connectivity index (χ3n) is 4.71. The smallest absolute Gasteiger partial charge is 0.323 e. The van der Waals surface area contributed by atoms with Crippen molar-refractivity contribution in [3.8, 4) is 12.1 Å². The van der Waals surface area contributed by atoms with Gasteiger partial charge >= 0.3 is 5.97 Å². The summed E-state index contributed by atoms with van der Waals surface area (Å²) in [5.74, 6) is -1.07. The molecule has 1 aromatic carbocycles. The van der Waals surface area contributed by atoms with Gasteiger partial charge in [-0.25, -0.2) is 0 Å². The maximum Gasteiger partial charge on any atom is 0.323 e. The predicted octanol–water partition coefficient (Wildman–Crippen LogP) is 3.06. The molecule has 0 saturated carbocycles. The Bertz CT molecular complexity index is 832. The molecule has 0 spiro atoms. The zero-order valence-electron chi connectivity index (χ0n) is 13.9. The summed E-state index contributed by atoms with van der Waals surface area (Å²) in [7, 11) is 1.31. The lowest BCUT2D eigenvalue weighted by molar-refractivity contribution is -0.143. The summed E-state index contributed by atoms with van der Waals surface area (Å²) in [4.78, 5) is 13.2. The van der Waals surface area contributed by atoms with Crippen molar-refractivity contribution in [2.75, 3.05) is 7.11 Å². The zero-order valence-corrected chi connectivity index (χ0v) is 14.7. The monoisotopic (exact) mass is 351 g/mol. The van der Waals surface area contributed by atoms with E-state index in [0.717, 1.165) is 16.0 Å². The van der Waals surface area contributed by atoms with E-state index in [1.165, 1.54) is 18.4 Å². The summed E-state index contributed by atoms with van der Waals surface area (Å²) in [5, 5.41) is 25.0. The van der Waals surface area contributed by atoms with E-state index in [1.54, 1.807) is 0 Å². The standard InChI is InChI=1S/C19H17N3O2S/c1-12-5-7-13(8-6-12)17-19(10-20,11-21)15(14-4-3-9-25-14)16(22-17)18(23)24-2/h3-9,15-17,22H,1-2H3/t15-,16+,17-/m0/s1. The number of esters is 1. The minimum Gasteiger partial charge on any atom is -0.468 e. The van der Waals surface area contributed by atoms with Gasteiger partial charge < -0.3 is 4.74 Å². The van der Waals surface area contributed by atoms with Crippen LogP contribution >= 0.6 is 11.3 Å². The Hall–Kier alpha value is -2.67. The second-order valence-corrected chi connectivity index (χ2v) is 7.08. The first-order valence-corrected chi connectivity index (χ1v) is 8.71. The van der Waals surface area contributed by atoms with Gasteiger partial charge in [-0.2, -0.15) is 10.5 Å². The van der Waals surface area contributed by atoms with Crippen LogP contribution in [-0.2, 0) is 9.53 Å². The molecule has 0 unspecified atom stereocenters. The summed E-state index contributed by atoms with van der Waals surface area (Å²) >= 11 is 1.43. The van der Waals surface area contributed by atoms with Crippen molar-refractivity contribution in [1.82, 2.24) is 5.32 Å². The first-order chi connectivity index (χ1) is 12.1. The van der Waals surface area contributed by atoms with E-state index in [1.807, 2.05) is 48.7 Å². The molecular weight excluding hydrogens is 334 g/mol. The van der Waals surface area contributed by atoms with Crippen LogP contribution in [0.2, 0.25) is 0 Å². The van der Waals surface area contributed by atoms with Gasteiger partial charge in [-0.3, -0.25) is 10.1 Å². The number of thiophene rings is 1. The number of ether oxygens (including phenoxy) is 1. The van der Waals surface area contributed by atoms with Gasteiger partial charge in [-0.05, 0) is 23.9 Å². The Kier molecular flexibility index (Phi) is 4.59. The number of benzene rings is 1. The Morgan fingerprint density at radius 1 is 1.24 bits per heavy atom. The highest BCUT2D eigenvalue weighted by molar-refractivity contribution is 7.10. The molecule has 2 aromatic rings. The molecule has 126 valence electrons. The average Bonchev–Trinajstić information content (AvgIpc) is 3.27. The van der Waals surface area contributed by atoms with Crippen LogP contribution in [0.3, 0.4) is 0 Å². The molecule has 0 bridgehead atoms. The minimum atomic E-state index is -1.40. The van der Waals surface area contributed by atoms with Crippen LogP contribution in [0.25, 0.3) is 0 Å². The number of hydrogen-bond acceptors (Lipinski definition) is 6. The number of nitriles is 2. The van der Waals surface area contributed by atoms with Crippen LogP contribution < -0.4 is 5.32 Å². The van der Waals surface area contributed by atoms with Crippen molar-refractivity contribution < 1.29 is 9.53 Å². The number of methoxy groups -OCH3 is 1. The molecule has 1 fully saturated rings. The Balaban J connectivity index is 2.17. The summed E-state index contributed by atoms with van der Waals surface area (Å²) in [6.07, 6.45) is 0. The van der Waals surface area contributed by atoms with Gasteiger partial charge in [-0.15, -0.1) is 11.3 Å². The van der Waals surface area contributed by atoms with Crippen LogP contribution in [0.5, 0.6) is 0 Å². The normalized spacial score (nSPS) is 24.2. The van der Waals surface area contributed by atoms with E-state index in [-0.39, 0.29) is 0 Å². The van der Waals surface area contributed by atoms with Crippen LogP contribution in [0.1, 0.15) is 28.0 Å². The molecule has 1 aromatic heterocycles. The molecular formula is C19H17N3O2S. The first kappa shape index (κ1) is 17.2. The average molecular weight is 351 g/mol. The van der Waals surface area contributed by atoms with Crippen molar-refractivity contribution in [2.45, 2.75) is 24.9 Å². The lowest BCUT2D eigenvalue weighted by Gasteiger charge is -2.26. The summed E-state index contributed by atoms with van der Waals surface area (Å²) < 4.78 is 4.93. The fourth-order valence-corrected chi connectivity index (χ4v) is 4.39. The van der Waals surface area contributed by atoms with E-state index in [0.29, 0.717) is 0 Å². The van der Waals surface area contributed by atoms with Crippen LogP contribution in [0, 0.1) is 35.0 Å². The summed E-state index contributed by atoms with van der Waals surface area (Å²) in [6.45, 7) is 1.97. The molecule has 0 amide bonds. The summed E-state index contributed by atoms with van der Waals surface area (Å²) in [5.41, 5.74) is 0.487. The van der Waals surface area contributed by atoms with E-state index < -0.39 is 29.4 Å². The predicted molar refractivity (Wildman–Crippen MR) is 93.6 cm³/mol. The molecule has 3 atom stereocenters. The third kappa shape index (κ3) is 2.70. The highest BCUT2D eigenvalue weighted by atomic mass is 32.1. The SMILES string of the molecule is COC(=O)[C@@H]1N[C@@H](c2ccc(C)cc2)C(C#N)(C#N)[C@H]1c1cccs1. The molecule has 2 heterocycles. The number of hydrogen-bond donors (Lipinski definition) is 1. The Morgan fingerprint density at radius 2 is 1.92 bits per heavy atom. The van der Waals surface area contributed by atoms with Gasteiger partial charge in [0.1, 0.15) is 6.04 Å². The number of nitrogens with zero attached hydrogens (tertiary/aromatic N) is 2. The van der Waals surface area contributed by atoms with Gasteiger partial charge in [-0.1, -0.05) is 35.9 Å². The maximum atomic E-state index is 12.4. The number of carbonyl (C=O) groups excluding carboxylic acids is 1. The lowest BCUT2D eigenvalue weighted by Crippen LogP contribution is -2.36. The molecule has 1 N–H and O–H groups in total. The molecule has 6 heteroatoms. The van der Waals surface area contributed by atoms with Crippen molar-refractivity contribution >= 4 is 17.3 Å². The van der Waals surface area contributed by atoms with Crippen molar-refractivity contribution in [3.05, 3.63) is 57.8 Å². The van der Waals surface area contributed by atoms with Gasteiger partial charge in [0, 0.05) is 4.88 Å². The molecule has 0 radical (unpaired) electrons. The molecule has 1 aliphatic heterocycles. The second-order valence-electron chi connectivity index (χ2n) is 6.10. The largest absolute Gasteiger partial charge is 0.468 e. The van der Waals surface area contributed by atoms with Gasteiger partial charge in [0.25, 0.3) is 0 Å². The summed E-state index contributed by atoms with van der Waals surface area (Å²) in [6, 6.07) is 14.4. The van der Waals surface area contributed by atoms with Crippen LogP contribution in [-0.4, -0.2) is 19.1 Å². The Morgan fingerprint density at radius 3 is 2.44 bits per heavy atom. The zero-order chi connectivity index (χ0) is 18.0. The maximum absolute atomic E-state index is 12.4. The molecule has 25 heavy (non-hydrogen) atoms. The molecule has 1 aliphatic rings. The number of rotatable bonds is 3. The molecule has 1 saturated heterocycles. The van der Waals surface area contributed by atoms with Gasteiger partial charge in [0.2, 0.25) is 0 Å². The third-order valence-corrected chi connectivity index (χ3v) is 5.67. The van der Waals surface area contributed by atoms with Crippen molar-refractivity contribution in [1.29, 1.82) is 10.5 Å². The first-order valence-electron chi connectivity index (χ1n) is 7.83. The minimum absolute atomic E-state index is 0.470. The fourth-order valence-electron chi connectivity index (χ4n) is 3.45. The topological polar surface area (TPSA) is 85.9 Å². The molecule has 0 aliphatic carbocycles. The molecule has 3 rings (SSSR count). The van der Waals surface area contributed by atoms with E-state index in [9.17, 15) is 15.3 Å². The number of aryl methyl sites for hydroxylation is 1. The number of carbonyl (C=O) groups is 1. The fraction of sp³-hybridized carbons (Fsp3) is 0.316. The van der Waals surface area contributed by atoms with Crippen LogP contribution in [0.15, 0.2) is 41.8 Å². The highest BCUT2D eigenvalue weighted by Gasteiger charge is 2.60. The Labute approximate surface area is 150 Å². The van der Waals surface area contributed by atoms with E-state index in [2.05, 4.69) is 17.5 Å². The van der Waals surface area contributed by atoms with Gasteiger partial charge in [0.15, 0.2) is 5.41 Å².